The number of rotatable bonds is 7. The summed E-state index contributed by atoms with van der Waals surface area (Å²) in [5.74, 6) is -0.0294. The van der Waals surface area contributed by atoms with Gasteiger partial charge in [0.05, 0.1) is 23.3 Å². The van der Waals surface area contributed by atoms with Crippen LogP contribution < -0.4 is 10.9 Å². The van der Waals surface area contributed by atoms with Gasteiger partial charge >= 0.3 is 0 Å². The fraction of sp³-hybridized carbons (Fsp3) is 0.526. The highest BCUT2D eigenvalue weighted by Crippen LogP contribution is 2.25. The van der Waals surface area contributed by atoms with Gasteiger partial charge in [-0.25, -0.2) is 4.98 Å². The van der Waals surface area contributed by atoms with E-state index < -0.39 is 11.5 Å². The minimum absolute atomic E-state index is 0.120. The number of aliphatic hydroxyl groups is 1. The molecule has 0 saturated carbocycles. The summed E-state index contributed by atoms with van der Waals surface area (Å²) >= 11 is 0. The number of carbonyl (C=O) groups excluding carboxylic acids is 1. The molecular formula is C19H27N3O3. The van der Waals surface area contributed by atoms with Crippen molar-refractivity contribution < 1.29 is 9.90 Å². The first-order valence-corrected chi connectivity index (χ1v) is 8.61. The van der Waals surface area contributed by atoms with Gasteiger partial charge in [-0.15, -0.1) is 0 Å². The fourth-order valence-electron chi connectivity index (χ4n) is 2.91. The minimum Gasteiger partial charge on any atom is -0.392 e. The summed E-state index contributed by atoms with van der Waals surface area (Å²) in [4.78, 5) is 28.7. The van der Waals surface area contributed by atoms with E-state index in [4.69, 9.17) is 0 Å². The maximum Gasteiger partial charge on any atom is 0.261 e. The third-order valence-corrected chi connectivity index (χ3v) is 4.48. The van der Waals surface area contributed by atoms with E-state index in [0.717, 1.165) is 0 Å². The van der Waals surface area contributed by atoms with Crippen LogP contribution in [0.3, 0.4) is 0 Å². The molecule has 1 amide bonds. The van der Waals surface area contributed by atoms with Crippen LogP contribution in [0.15, 0.2) is 35.4 Å². The first-order chi connectivity index (χ1) is 11.7. The summed E-state index contributed by atoms with van der Waals surface area (Å²) < 4.78 is 1.45. The van der Waals surface area contributed by atoms with Gasteiger partial charge in [-0.1, -0.05) is 39.8 Å². The van der Waals surface area contributed by atoms with Crippen molar-refractivity contribution in [3.63, 3.8) is 0 Å². The third-order valence-electron chi connectivity index (χ3n) is 4.48. The van der Waals surface area contributed by atoms with Crippen molar-refractivity contribution >= 4 is 16.8 Å². The zero-order chi connectivity index (χ0) is 18.6. The minimum atomic E-state index is -0.500. The Morgan fingerprint density at radius 1 is 1.32 bits per heavy atom. The molecule has 0 aliphatic heterocycles. The monoisotopic (exact) mass is 345 g/mol. The molecule has 0 aliphatic rings. The summed E-state index contributed by atoms with van der Waals surface area (Å²) in [7, 11) is 0. The Bertz CT molecular complexity index is 796. The maximum absolute atomic E-state index is 12.4. The molecule has 0 fully saturated rings. The second-order valence-corrected chi connectivity index (χ2v) is 7.46. The number of carbonyl (C=O) groups is 1. The number of hydrogen-bond acceptors (Lipinski definition) is 4. The molecule has 2 N–H and O–H groups in total. The molecule has 1 aromatic heterocycles. The van der Waals surface area contributed by atoms with Crippen LogP contribution in [0, 0.1) is 11.3 Å². The van der Waals surface area contributed by atoms with E-state index in [2.05, 4.69) is 10.3 Å². The summed E-state index contributed by atoms with van der Waals surface area (Å²) in [5, 5.41) is 13.6. The highest BCUT2D eigenvalue weighted by molar-refractivity contribution is 5.77. The van der Waals surface area contributed by atoms with Gasteiger partial charge in [0, 0.05) is 24.9 Å². The van der Waals surface area contributed by atoms with Crippen molar-refractivity contribution in [3.05, 3.63) is 40.9 Å². The normalized spacial score (nSPS) is 13.2. The summed E-state index contributed by atoms with van der Waals surface area (Å²) in [6.45, 7) is 8.41. The van der Waals surface area contributed by atoms with Gasteiger partial charge in [0.15, 0.2) is 0 Å². The maximum atomic E-state index is 12.4. The zero-order valence-corrected chi connectivity index (χ0v) is 15.3. The van der Waals surface area contributed by atoms with Crippen molar-refractivity contribution in [2.75, 3.05) is 6.54 Å². The number of aromatic nitrogens is 2. The number of fused-ring (bicyclic) bond motifs is 1. The molecule has 1 aromatic carbocycles. The van der Waals surface area contributed by atoms with Crippen LogP contribution in [0.5, 0.6) is 0 Å². The van der Waals surface area contributed by atoms with E-state index in [-0.39, 0.29) is 30.3 Å². The van der Waals surface area contributed by atoms with Crippen molar-refractivity contribution in [3.8, 4) is 0 Å². The SMILES string of the molecule is CC(C)C(O)C(C)(C)CNC(=O)CCn1cnc2ccccc2c1=O. The van der Waals surface area contributed by atoms with Gasteiger partial charge < -0.3 is 10.4 Å². The first-order valence-electron chi connectivity index (χ1n) is 8.61. The predicted octanol–water partition coefficient (Wildman–Crippen LogP) is 1.95. The summed E-state index contributed by atoms with van der Waals surface area (Å²) in [6, 6.07) is 7.15. The van der Waals surface area contributed by atoms with E-state index in [1.54, 1.807) is 18.2 Å². The summed E-state index contributed by atoms with van der Waals surface area (Å²) in [5.41, 5.74) is 0.0946. The van der Waals surface area contributed by atoms with E-state index in [0.29, 0.717) is 17.4 Å². The molecule has 0 aliphatic carbocycles. The number of amides is 1. The molecule has 1 unspecified atom stereocenters. The largest absolute Gasteiger partial charge is 0.392 e. The second-order valence-electron chi connectivity index (χ2n) is 7.46. The second kappa shape index (κ2) is 7.78. The van der Waals surface area contributed by atoms with Crippen molar-refractivity contribution in [2.24, 2.45) is 11.3 Å². The van der Waals surface area contributed by atoms with Gasteiger partial charge in [-0.2, -0.15) is 0 Å². The van der Waals surface area contributed by atoms with Gasteiger partial charge in [-0.05, 0) is 18.1 Å². The number of benzene rings is 1. The molecule has 1 atom stereocenters. The molecule has 136 valence electrons. The lowest BCUT2D eigenvalue weighted by molar-refractivity contribution is -0.122. The topological polar surface area (TPSA) is 84.2 Å². The molecule has 6 nitrogen and oxygen atoms in total. The van der Waals surface area contributed by atoms with Crippen LogP contribution in [-0.4, -0.2) is 33.2 Å². The highest BCUT2D eigenvalue weighted by atomic mass is 16.3. The third kappa shape index (κ3) is 4.66. The number of hydrogen-bond donors (Lipinski definition) is 2. The Balaban J connectivity index is 1.95. The Kier molecular flexibility index (Phi) is 5.95. The Labute approximate surface area is 147 Å². The molecule has 2 rings (SSSR count). The van der Waals surface area contributed by atoms with Gasteiger partial charge in [0.1, 0.15) is 0 Å². The number of para-hydroxylation sites is 1. The standard InChI is InChI=1S/C19H27N3O3/c1-13(2)17(24)19(3,4)11-20-16(23)9-10-22-12-21-15-8-6-5-7-14(15)18(22)25/h5-8,12-13,17,24H,9-11H2,1-4H3,(H,20,23). The first kappa shape index (κ1) is 19.1. The molecule has 0 spiro atoms. The molecule has 1 heterocycles. The lowest BCUT2D eigenvalue weighted by atomic mass is 9.80. The number of aryl methyl sites for hydroxylation is 1. The average molecular weight is 345 g/mol. The molecule has 6 heteroatoms. The van der Waals surface area contributed by atoms with Gasteiger partial charge in [0.25, 0.3) is 5.56 Å². The zero-order valence-electron chi connectivity index (χ0n) is 15.3. The lowest BCUT2D eigenvalue weighted by Crippen LogP contribution is -2.43. The van der Waals surface area contributed by atoms with Crippen LogP contribution in [0.2, 0.25) is 0 Å². The van der Waals surface area contributed by atoms with E-state index in [1.165, 1.54) is 10.9 Å². The van der Waals surface area contributed by atoms with Gasteiger partial charge in [0.2, 0.25) is 5.91 Å². The van der Waals surface area contributed by atoms with Crippen molar-refractivity contribution in [1.82, 2.24) is 14.9 Å². The Morgan fingerprint density at radius 2 is 2.00 bits per heavy atom. The molecular weight excluding hydrogens is 318 g/mol. The fourth-order valence-corrected chi connectivity index (χ4v) is 2.91. The molecule has 2 aromatic rings. The van der Waals surface area contributed by atoms with E-state index >= 15 is 0 Å². The lowest BCUT2D eigenvalue weighted by Gasteiger charge is -2.33. The summed E-state index contributed by atoms with van der Waals surface area (Å²) in [6.07, 6.45) is 1.16. The van der Waals surface area contributed by atoms with Crippen LogP contribution in [0.1, 0.15) is 34.1 Å². The smallest absolute Gasteiger partial charge is 0.261 e. The van der Waals surface area contributed by atoms with Crippen LogP contribution in [0.4, 0.5) is 0 Å². The Morgan fingerprint density at radius 3 is 2.68 bits per heavy atom. The molecule has 25 heavy (non-hydrogen) atoms. The van der Waals surface area contributed by atoms with Crippen LogP contribution >= 0.6 is 0 Å². The quantitative estimate of drug-likeness (QED) is 0.803. The number of nitrogens with zero attached hydrogens (tertiary/aromatic N) is 2. The van der Waals surface area contributed by atoms with E-state index in [9.17, 15) is 14.7 Å². The van der Waals surface area contributed by atoms with E-state index in [1.807, 2.05) is 33.8 Å². The highest BCUT2D eigenvalue weighted by Gasteiger charge is 2.30. The Hall–Kier alpha value is -2.21. The number of nitrogens with one attached hydrogen (secondary N) is 1. The molecule has 0 saturated heterocycles. The molecule has 0 bridgehead atoms. The predicted molar refractivity (Wildman–Crippen MR) is 98.3 cm³/mol. The van der Waals surface area contributed by atoms with Crippen molar-refractivity contribution in [2.45, 2.75) is 46.8 Å². The van der Waals surface area contributed by atoms with Crippen LogP contribution in [0.25, 0.3) is 10.9 Å². The average Bonchev–Trinajstić information content (AvgIpc) is 2.59. The van der Waals surface area contributed by atoms with Crippen molar-refractivity contribution in [1.29, 1.82) is 0 Å². The van der Waals surface area contributed by atoms with Gasteiger partial charge in [-0.3, -0.25) is 14.2 Å². The van der Waals surface area contributed by atoms with Crippen LogP contribution in [-0.2, 0) is 11.3 Å². The molecule has 0 radical (unpaired) electrons. The number of aliphatic hydroxyl groups excluding tert-OH is 1.